The van der Waals surface area contributed by atoms with Gasteiger partial charge in [-0.3, -0.25) is 19.3 Å². The number of hydrogen-bond donors (Lipinski definition) is 0. The van der Waals surface area contributed by atoms with Crippen molar-refractivity contribution in [1.29, 1.82) is 0 Å². The summed E-state index contributed by atoms with van der Waals surface area (Å²) < 4.78 is 5.93. The number of benzene rings is 2. The van der Waals surface area contributed by atoms with E-state index in [2.05, 4.69) is 0 Å². The summed E-state index contributed by atoms with van der Waals surface area (Å²) in [5.74, 6) is -0.0738. The van der Waals surface area contributed by atoms with Gasteiger partial charge < -0.3 is 9.64 Å². The number of rotatable bonds is 6. The molecule has 160 valence electrons. The first-order valence-corrected chi connectivity index (χ1v) is 11.2. The van der Waals surface area contributed by atoms with E-state index in [4.69, 9.17) is 16.3 Å². The number of nitrogens with zero attached hydrogens (tertiary/aromatic N) is 2. The normalized spacial score (nSPS) is 17.6. The number of halogens is 1. The Labute approximate surface area is 189 Å². The zero-order chi connectivity index (χ0) is 21.8. The van der Waals surface area contributed by atoms with Gasteiger partial charge in [-0.25, -0.2) is 0 Å². The van der Waals surface area contributed by atoms with Gasteiger partial charge in [0.05, 0.1) is 4.91 Å². The molecule has 6 nitrogen and oxygen atoms in total. The molecule has 0 unspecified atom stereocenters. The summed E-state index contributed by atoms with van der Waals surface area (Å²) in [6.45, 7) is 1.42. The van der Waals surface area contributed by atoms with Crippen molar-refractivity contribution in [1.82, 2.24) is 9.80 Å². The van der Waals surface area contributed by atoms with Crippen LogP contribution in [0.3, 0.4) is 0 Å². The van der Waals surface area contributed by atoms with E-state index < -0.39 is 11.1 Å². The Bertz CT molecular complexity index is 1050. The molecule has 0 aromatic heterocycles. The highest BCUT2D eigenvalue weighted by Gasteiger charge is 2.37. The molecule has 31 heavy (non-hydrogen) atoms. The fourth-order valence-electron chi connectivity index (χ4n) is 3.48. The van der Waals surface area contributed by atoms with E-state index in [0.717, 1.165) is 35.1 Å². The number of ether oxygens (including phenoxy) is 1. The average Bonchev–Trinajstić information content (AvgIpc) is 3.39. The standard InChI is InChI=1S/C23H21ClN2O4S/c24-18-9-3-1-8-17(18)15-30-19-10-4-2-7-16(19)13-20-22(28)26(23(29)31-20)14-21(27)25-11-5-6-12-25/h1-4,7-10,13H,5-6,11-12,14-15H2/b20-13+. The van der Waals surface area contributed by atoms with Crippen LogP contribution in [0.2, 0.25) is 5.02 Å². The van der Waals surface area contributed by atoms with Gasteiger partial charge in [0.15, 0.2) is 0 Å². The lowest BCUT2D eigenvalue weighted by Crippen LogP contribution is -2.40. The maximum atomic E-state index is 12.8. The van der Waals surface area contributed by atoms with Gasteiger partial charge in [-0.2, -0.15) is 0 Å². The molecule has 2 aliphatic rings. The molecule has 2 saturated heterocycles. The highest BCUT2D eigenvalue weighted by atomic mass is 35.5. The van der Waals surface area contributed by atoms with Gasteiger partial charge in [-0.05, 0) is 42.8 Å². The van der Waals surface area contributed by atoms with Gasteiger partial charge in [0.25, 0.3) is 11.1 Å². The second-order valence-corrected chi connectivity index (χ2v) is 8.67. The van der Waals surface area contributed by atoms with E-state index in [9.17, 15) is 14.4 Å². The Hall–Kier alpha value is -2.77. The van der Waals surface area contributed by atoms with Crippen LogP contribution in [-0.2, 0) is 16.2 Å². The molecule has 0 bridgehead atoms. The first kappa shape index (κ1) is 21.5. The van der Waals surface area contributed by atoms with Crippen LogP contribution in [0, 0.1) is 0 Å². The van der Waals surface area contributed by atoms with E-state index in [1.54, 1.807) is 23.1 Å². The first-order valence-electron chi connectivity index (χ1n) is 10.0. The molecule has 0 aliphatic carbocycles. The molecule has 2 fully saturated rings. The number of carbonyl (C=O) groups excluding carboxylic acids is 3. The van der Waals surface area contributed by atoms with Gasteiger partial charge >= 0.3 is 0 Å². The average molecular weight is 457 g/mol. The largest absolute Gasteiger partial charge is 0.488 e. The Balaban J connectivity index is 1.48. The number of imide groups is 1. The minimum absolute atomic E-state index is 0.190. The summed E-state index contributed by atoms with van der Waals surface area (Å²) in [5, 5.41) is 0.182. The predicted octanol–water partition coefficient (Wildman–Crippen LogP) is 4.58. The third kappa shape index (κ3) is 4.94. The van der Waals surface area contributed by atoms with Gasteiger partial charge in [0.2, 0.25) is 5.91 Å². The lowest BCUT2D eigenvalue weighted by atomic mass is 10.1. The molecule has 2 aromatic carbocycles. The first-order chi connectivity index (χ1) is 15.0. The third-order valence-electron chi connectivity index (χ3n) is 5.17. The number of hydrogen-bond acceptors (Lipinski definition) is 5. The van der Waals surface area contributed by atoms with Crippen LogP contribution in [-0.4, -0.2) is 46.5 Å². The smallest absolute Gasteiger partial charge is 0.294 e. The summed E-state index contributed by atoms with van der Waals surface area (Å²) in [5.41, 5.74) is 1.52. The van der Waals surface area contributed by atoms with Crippen molar-refractivity contribution in [2.75, 3.05) is 19.6 Å². The minimum Gasteiger partial charge on any atom is -0.488 e. The van der Waals surface area contributed by atoms with Gasteiger partial charge in [0, 0.05) is 29.2 Å². The van der Waals surface area contributed by atoms with Crippen molar-refractivity contribution < 1.29 is 19.1 Å². The second-order valence-electron chi connectivity index (χ2n) is 7.27. The molecule has 0 N–H and O–H groups in total. The molecule has 8 heteroatoms. The minimum atomic E-state index is -0.455. The number of carbonyl (C=O) groups is 3. The van der Waals surface area contributed by atoms with Crippen molar-refractivity contribution >= 4 is 46.5 Å². The van der Waals surface area contributed by atoms with E-state index in [-0.39, 0.29) is 24.0 Å². The summed E-state index contributed by atoms with van der Waals surface area (Å²) in [6, 6.07) is 14.7. The summed E-state index contributed by atoms with van der Waals surface area (Å²) >= 11 is 7.03. The van der Waals surface area contributed by atoms with Crippen LogP contribution in [0.25, 0.3) is 6.08 Å². The zero-order valence-corrected chi connectivity index (χ0v) is 18.3. The molecular weight excluding hydrogens is 436 g/mol. The predicted molar refractivity (Wildman–Crippen MR) is 121 cm³/mol. The molecule has 0 atom stereocenters. The molecule has 0 saturated carbocycles. The van der Waals surface area contributed by atoms with E-state index in [0.29, 0.717) is 29.4 Å². The molecule has 4 rings (SSSR count). The number of para-hydroxylation sites is 1. The Morgan fingerprint density at radius 2 is 1.77 bits per heavy atom. The molecule has 0 spiro atoms. The van der Waals surface area contributed by atoms with Gasteiger partial charge in [0.1, 0.15) is 18.9 Å². The topological polar surface area (TPSA) is 66.9 Å². The number of thioether (sulfide) groups is 1. The molecule has 3 amide bonds. The van der Waals surface area contributed by atoms with Crippen molar-refractivity contribution in [2.24, 2.45) is 0 Å². The summed E-state index contributed by atoms with van der Waals surface area (Å²) in [4.78, 5) is 40.5. The summed E-state index contributed by atoms with van der Waals surface area (Å²) in [7, 11) is 0. The lowest BCUT2D eigenvalue weighted by Gasteiger charge is -2.18. The van der Waals surface area contributed by atoms with Crippen LogP contribution >= 0.6 is 23.4 Å². The molecular formula is C23H21ClN2O4S. The SMILES string of the molecule is O=C(CN1C(=O)S/C(=C/c2ccccc2OCc2ccccc2Cl)C1=O)N1CCCC1. The quantitative estimate of drug-likeness (QED) is 0.595. The zero-order valence-electron chi connectivity index (χ0n) is 16.8. The molecule has 2 aliphatic heterocycles. The van der Waals surface area contributed by atoms with Crippen LogP contribution in [0.4, 0.5) is 4.79 Å². The Morgan fingerprint density at radius 1 is 1.06 bits per heavy atom. The number of amides is 3. The van der Waals surface area contributed by atoms with Crippen molar-refractivity contribution in [3.63, 3.8) is 0 Å². The molecule has 2 aromatic rings. The van der Waals surface area contributed by atoms with Crippen molar-refractivity contribution in [3.8, 4) is 5.75 Å². The highest BCUT2D eigenvalue weighted by molar-refractivity contribution is 8.18. The van der Waals surface area contributed by atoms with Crippen molar-refractivity contribution in [3.05, 3.63) is 69.6 Å². The van der Waals surface area contributed by atoms with Gasteiger partial charge in [-0.15, -0.1) is 0 Å². The summed E-state index contributed by atoms with van der Waals surface area (Å²) in [6.07, 6.45) is 3.55. The molecule has 2 heterocycles. The lowest BCUT2D eigenvalue weighted by molar-refractivity contribution is -0.135. The van der Waals surface area contributed by atoms with Crippen molar-refractivity contribution in [2.45, 2.75) is 19.4 Å². The van der Waals surface area contributed by atoms with Crippen LogP contribution in [0.15, 0.2) is 53.4 Å². The fraction of sp³-hybridized carbons (Fsp3) is 0.261. The monoisotopic (exact) mass is 456 g/mol. The van der Waals surface area contributed by atoms with Crippen LogP contribution in [0.5, 0.6) is 5.75 Å². The van der Waals surface area contributed by atoms with Gasteiger partial charge in [-0.1, -0.05) is 48.0 Å². The maximum absolute atomic E-state index is 12.8. The fourth-order valence-corrected chi connectivity index (χ4v) is 4.50. The van der Waals surface area contributed by atoms with E-state index in [1.807, 2.05) is 36.4 Å². The Morgan fingerprint density at radius 3 is 2.55 bits per heavy atom. The third-order valence-corrected chi connectivity index (χ3v) is 6.45. The van der Waals surface area contributed by atoms with Crippen LogP contribution in [0.1, 0.15) is 24.0 Å². The van der Waals surface area contributed by atoms with E-state index in [1.165, 1.54) is 0 Å². The van der Waals surface area contributed by atoms with Crippen LogP contribution < -0.4 is 4.74 Å². The van der Waals surface area contributed by atoms with E-state index >= 15 is 0 Å². The number of likely N-dealkylation sites (tertiary alicyclic amines) is 1. The maximum Gasteiger partial charge on any atom is 0.294 e. The molecule has 0 radical (unpaired) electrons. The second kappa shape index (κ2) is 9.58. The highest BCUT2D eigenvalue weighted by Crippen LogP contribution is 2.34. The Kier molecular flexibility index (Phi) is 6.63.